The van der Waals surface area contributed by atoms with E-state index in [1.165, 1.54) is 32.1 Å². The maximum Gasteiger partial charge on any atom is 0.328 e. The van der Waals surface area contributed by atoms with Gasteiger partial charge in [-0.15, -0.1) is 0 Å². The molecule has 1 atom stereocenters. The zero-order valence-corrected chi connectivity index (χ0v) is 13.4. The van der Waals surface area contributed by atoms with E-state index in [0.29, 0.717) is 17.5 Å². The molecule has 0 amide bonds. The van der Waals surface area contributed by atoms with E-state index in [9.17, 15) is 4.79 Å². The van der Waals surface area contributed by atoms with Gasteiger partial charge in [0.05, 0.1) is 6.61 Å². The molecule has 0 aliphatic heterocycles. The Morgan fingerprint density at radius 2 is 1.95 bits per heavy atom. The Morgan fingerprint density at radius 1 is 1.29 bits per heavy atom. The van der Waals surface area contributed by atoms with Crippen molar-refractivity contribution >= 4 is 23.3 Å². The molecule has 0 spiro atoms. The number of hydrogen-bond acceptors (Lipinski definition) is 3. The molecule has 0 radical (unpaired) electrons. The number of esters is 1. The largest absolute Gasteiger partial charge is 0.464 e. The average molecular weight is 310 g/mol. The number of ether oxygens (including phenoxy) is 1. The van der Waals surface area contributed by atoms with Crippen molar-refractivity contribution in [1.82, 2.24) is 0 Å². The third-order valence-corrected chi connectivity index (χ3v) is 4.30. The summed E-state index contributed by atoms with van der Waals surface area (Å²) in [7, 11) is 0. The summed E-state index contributed by atoms with van der Waals surface area (Å²) in [5, 5.41) is 4.00. The van der Waals surface area contributed by atoms with Gasteiger partial charge in [-0.3, -0.25) is 0 Å². The van der Waals surface area contributed by atoms with Gasteiger partial charge in [-0.05, 0) is 43.5 Å². The van der Waals surface area contributed by atoms with Crippen LogP contribution >= 0.6 is 11.6 Å². The highest BCUT2D eigenvalue weighted by molar-refractivity contribution is 6.30. The number of carbonyl (C=O) groups is 1. The highest BCUT2D eigenvalue weighted by Crippen LogP contribution is 2.28. The van der Waals surface area contributed by atoms with Crippen LogP contribution in [0.5, 0.6) is 0 Å². The molecule has 1 saturated carbocycles. The van der Waals surface area contributed by atoms with E-state index in [0.717, 1.165) is 12.1 Å². The summed E-state index contributed by atoms with van der Waals surface area (Å²) >= 11 is 5.90. The first-order valence-electron chi connectivity index (χ1n) is 7.87. The van der Waals surface area contributed by atoms with Crippen LogP contribution in [0.25, 0.3) is 0 Å². The average Bonchev–Trinajstić information content (AvgIpc) is 2.50. The van der Waals surface area contributed by atoms with Crippen LogP contribution in [-0.2, 0) is 9.53 Å². The van der Waals surface area contributed by atoms with Crippen molar-refractivity contribution in [2.75, 3.05) is 11.9 Å². The lowest BCUT2D eigenvalue weighted by molar-refractivity contribution is -0.144. The quantitative estimate of drug-likeness (QED) is 0.777. The molecule has 0 heterocycles. The molecule has 1 unspecified atom stereocenters. The third-order valence-electron chi connectivity index (χ3n) is 4.05. The molecule has 21 heavy (non-hydrogen) atoms. The molecule has 3 nitrogen and oxygen atoms in total. The minimum atomic E-state index is -0.269. The minimum Gasteiger partial charge on any atom is -0.464 e. The summed E-state index contributed by atoms with van der Waals surface area (Å²) in [6.45, 7) is 2.26. The van der Waals surface area contributed by atoms with E-state index in [1.807, 2.05) is 31.2 Å². The van der Waals surface area contributed by atoms with Gasteiger partial charge in [0, 0.05) is 10.7 Å². The Bertz CT molecular complexity index is 441. The van der Waals surface area contributed by atoms with Crippen LogP contribution in [-0.4, -0.2) is 18.6 Å². The fourth-order valence-electron chi connectivity index (χ4n) is 2.96. The summed E-state index contributed by atoms with van der Waals surface area (Å²) in [6.07, 6.45) is 7.17. The molecule has 1 aromatic carbocycles. The van der Waals surface area contributed by atoms with Crippen molar-refractivity contribution in [2.45, 2.75) is 51.5 Å². The van der Waals surface area contributed by atoms with Crippen LogP contribution in [0.4, 0.5) is 5.69 Å². The van der Waals surface area contributed by atoms with Gasteiger partial charge in [-0.1, -0.05) is 43.7 Å². The topological polar surface area (TPSA) is 38.3 Å². The van der Waals surface area contributed by atoms with Crippen molar-refractivity contribution in [3.8, 4) is 0 Å². The van der Waals surface area contributed by atoms with Gasteiger partial charge in [0.2, 0.25) is 0 Å². The monoisotopic (exact) mass is 309 g/mol. The standard InChI is InChI=1S/C17H24ClNO2/c1-2-21-17(20)16(12-13-6-4-3-5-7-13)19-15-10-8-14(18)9-11-15/h8-11,13,16,19H,2-7,12H2,1H3. The van der Waals surface area contributed by atoms with Crippen LogP contribution in [0, 0.1) is 5.92 Å². The number of hydrogen-bond donors (Lipinski definition) is 1. The van der Waals surface area contributed by atoms with Crippen LogP contribution in [0.1, 0.15) is 45.4 Å². The number of anilines is 1. The zero-order valence-electron chi connectivity index (χ0n) is 12.6. The Hall–Kier alpha value is -1.22. The minimum absolute atomic E-state index is 0.155. The highest BCUT2D eigenvalue weighted by atomic mass is 35.5. The van der Waals surface area contributed by atoms with Gasteiger partial charge in [0.1, 0.15) is 6.04 Å². The normalized spacial score (nSPS) is 17.2. The number of carbonyl (C=O) groups excluding carboxylic acids is 1. The Morgan fingerprint density at radius 3 is 2.57 bits per heavy atom. The van der Waals surface area contributed by atoms with Crippen molar-refractivity contribution < 1.29 is 9.53 Å². The number of halogens is 1. The lowest BCUT2D eigenvalue weighted by Gasteiger charge is -2.26. The molecule has 0 aromatic heterocycles. The van der Waals surface area contributed by atoms with Crippen LogP contribution in [0.15, 0.2) is 24.3 Å². The smallest absolute Gasteiger partial charge is 0.328 e. The first-order chi connectivity index (χ1) is 10.2. The molecule has 0 bridgehead atoms. The van der Waals surface area contributed by atoms with Gasteiger partial charge in [0.15, 0.2) is 0 Å². The molecule has 1 fully saturated rings. The van der Waals surface area contributed by atoms with Gasteiger partial charge >= 0.3 is 5.97 Å². The second-order valence-electron chi connectivity index (χ2n) is 5.70. The van der Waals surface area contributed by atoms with Crippen LogP contribution < -0.4 is 5.32 Å². The van der Waals surface area contributed by atoms with Gasteiger partial charge in [-0.25, -0.2) is 4.79 Å². The fourth-order valence-corrected chi connectivity index (χ4v) is 3.09. The molecule has 1 aromatic rings. The summed E-state index contributed by atoms with van der Waals surface area (Å²) in [5.41, 5.74) is 0.910. The van der Waals surface area contributed by atoms with E-state index in [4.69, 9.17) is 16.3 Å². The van der Waals surface area contributed by atoms with E-state index < -0.39 is 0 Å². The van der Waals surface area contributed by atoms with Gasteiger partial charge in [0.25, 0.3) is 0 Å². The summed E-state index contributed by atoms with van der Waals surface area (Å²) < 4.78 is 5.21. The molecular formula is C17H24ClNO2. The number of nitrogens with one attached hydrogen (secondary N) is 1. The number of benzene rings is 1. The summed E-state index contributed by atoms with van der Waals surface area (Å²) in [5.74, 6) is 0.464. The summed E-state index contributed by atoms with van der Waals surface area (Å²) in [4.78, 5) is 12.2. The molecule has 1 N–H and O–H groups in total. The van der Waals surface area contributed by atoms with Crippen molar-refractivity contribution in [2.24, 2.45) is 5.92 Å². The van der Waals surface area contributed by atoms with E-state index in [-0.39, 0.29) is 12.0 Å². The van der Waals surface area contributed by atoms with E-state index in [1.54, 1.807) is 0 Å². The van der Waals surface area contributed by atoms with Gasteiger partial charge < -0.3 is 10.1 Å². The Kier molecular flexibility index (Phi) is 6.37. The maximum absolute atomic E-state index is 12.2. The molecule has 116 valence electrons. The van der Waals surface area contributed by atoms with Gasteiger partial charge in [-0.2, -0.15) is 0 Å². The first kappa shape index (κ1) is 16.2. The third kappa shape index (κ3) is 5.24. The molecule has 1 aliphatic rings. The molecular weight excluding hydrogens is 286 g/mol. The lowest BCUT2D eigenvalue weighted by Crippen LogP contribution is -2.34. The first-order valence-corrected chi connectivity index (χ1v) is 8.25. The second-order valence-corrected chi connectivity index (χ2v) is 6.13. The number of rotatable bonds is 6. The van der Waals surface area contributed by atoms with Crippen molar-refractivity contribution in [3.05, 3.63) is 29.3 Å². The molecule has 2 rings (SSSR count). The highest BCUT2D eigenvalue weighted by Gasteiger charge is 2.25. The maximum atomic E-state index is 12.2. The predicted octanol–water partition coefficient (Wildman–Crippen LogP) is 4.65. The van der Waals surface area contributed by atoms with Crippen LogP contribution in [0.3, 0.4) is 0 Å². The van der Waals surface area contributed by atoms with Crippen LogP contribution in [0.2, 0.25) is 5.02 Å². The predicted molar refractivity (Wildman–Crippen MR) is 86.7 cm³/mol. The fraction of sp³-hybridized carbons (Fsp3) is 0.588. The zero-order chi connectivity index (χ0) is 15.1. The van der Waals surface area contributed by atoms with E-state index >= 15 is 0 Å². The molecule has 1 aliphatic carbocycles. The van der Waals surface area contributed by atoms with Crippen molar-refractivity contribution in [3.63, 3.8) is 0 Å². The van der Waals surface area contributed by atoms with Crippen molar-refractivity contribution in [1.29, 1.82) is 0 Å². The molecule has 0 saturated heterocycles. The Balaban J connectivity index is 2.00. The lowest BCUT2D eigenvalue weighted by atomic mass is 9.85. The second kappa shape index (κ2) is 8.28. The SMILES string of the molecule is CCOC(=O)C(CC1CCCCC1)Nc1ccc(Cl)cc1. The molecule has 4 heteroatoms. The summed E-state index contributed by atoms with van der Waals surface area (Å²) in [6, 6.07) is 7.18. The Labute approximate surface area is 132 Å². The van der Waals surface area contributed by atoms with E-state index in [2.05, 4.69) is 5.32 Å².